The second-order valence-electron chi connectivity index (χ2n) is 7.10. The van der Waals surface area contributed by atoms with Crippen LogP contribution in [0, 0.1) is 20.8 Å². The summed E-state index contributed by atoms with van der Waals surface area (Å²) >= 11 is 0. The first-order valence-corrected chi connectivity index (χ1v) is 9.25. The van der Waals surface area contributed by atoms with Gasteiger partial charge in [0.05, 0.1) is 22.8 Å². The molecule has 0 radical (unpaired) electrons. The van der Waals surface area contributed by atoms with E-state index in [1.807, 2.05) is 92.1 Å². The monoisotopic (exact) mass is 374 g/mol. The lowest BCUT2D eigenvalue weighted by Crippen LogP contribution is -2.09. The molecule has 3 aromatic rings. The van der Waals surface area contributed by atoms with E-state index in [1.54, 1.807) is 6.08 Å². The summed E-state index contributed by atoms with van der Waals surface area (Å²) in [4.78, 5) is 14.5. The van der Waals surface area contributed by atoms with E-state index in [0.717, 1.165) is 34.0 Å². The van der Waals surface area contributed by atoms with Gasteiger partial charge in [0, 0.05) is 25.9 Å². The van der Waals surface area contributed by atoms with Crippen LogP contribution in [-0.2, 0) is 4.79 Å². The van der Waals surface area contributed by atoms with E-state index in [9.17, 15) is 4.79 Å². The van der Waals surface area contributed by atoms with Gasteiger partial charge in [0.2, 0.25) is 5.91 Å². The summed E-state index contributed by atoms with van der Waals surface area (Å²) in [6.45, 7) is 5.91. The number of amides is 1. The Labute approximate surface area is 166 Å². The molecule has 0 atom stereocenters. The van der Waals surface area contributed by atoms with Crippen LogP contribution in [0.15, 0.2) is 54.6 Å². The first-order valence-electron chi connectivity index (χ1n) is 9.25. The van der Waals surface area contributed by atoms with Crippen LogP contribution in [0.2, 0.25) is 0 Å². The first kappa shape index (κ1) is 19.4. The van der Waals surface area contributed by atoms with Gasteiger partial charge in [-0.15, -0.1) is 0 Å². The minimum absolute atomic E-state index is 0.175. The lowest BCUT2D eigenvalue weighted by Gasteiger charge is -2.11. The number of nitrogens with one attached hydrogen (secondary N) is 1. The summed E-state index contributed by atoms with van der Waals surface area (Å²) < 4.78 is 1.86. The summed E-state index contributed by atoms with van der Waals surface area (Å²) in [7, 11) is 4.00. The largest absolute Gasteiger partial charge is 0.378 e. The van der Waals surface area contributed by atoms with E-state index in [4.69, 9.17) is 0 Å². The van der Waals surface area contributed by atoms with E-state index in [2.05, 4.69) is 17.3 Å². The Morgan fingerprint density at radius 1 is 1.00 bits per heavy atom. The SMILES string of the molecule is Cc1ccc(-n2nc(C)c(NC(=O)/C=C/c3ccc(N(C)C)cc3)c2C)cc1. The number of nitrogens with zero attached hydrogens (tertiary/aromatic N) is 3. The van der Waals surface area contributed by atoms with Crippen molar-refractivity contribution < 1.29 is 4.79 Å². The van der Waals surface area contributed by atoms with Gasteiger partial charge >= 0.3 is 0 Å². The molecule has 5 nitrogen and oxygen atoms in total. The summed E-state index contributed by atoms with van der Waals surface area (Å²) in [6.07, 6.45) is 3.36. The topological polar surface area (TPSA) is 50.2 Å². The zero-order chi connectivity index (χ0) is 20.3. The van der Waals surface area contributed by atoms with Crippen LogP contribution in [0.5, 0.6) is 0 Å². The number of anilines is 2. The molecule has 1 heterocycles. The van der Waals surface area contributed by atoms with Crippen molar-refractivity contribution in [1.82, 2.24) is 9.78 Å². The van der Waals surface area contributed by atoms with E-state index in [-0.39, 0.29) is 5.91 Å². The quantitative estimate of drug-likeness (QED) is 0.668. The molecule has 0 saturated heterocycles. The maximum absolute atomic E-state index is 12.4. The van der Waals surface area contributed by atoms with Crippen molar-refractivity contribution in [3.8, 4) is 5.69 Å². The molecule has 3 rings (SSSR count). The summed E-state index contributed by atoms with van der Waals surface area (Å²) in [6, 6.07) is 16.2. The Kier molecular flexibility index (Phi) is 5.64. The van der Waals surface area contributed by atoms with Crippen molar-refractivity contribution in [2.75, 3.05) is 24.3 Å². The number of aromatic nitrogens is 2. The number of aryl methyl sites for hydroxylation is 2. The van der Waals surface area contributed by atoms with Crippen molar-refractivity contribution >= 4 is 23.4 Å². The lowest BCUT2D eigenvalue weighted by molar-refractivity contribution is -0.111. The fraction of sp³-hybridized carbons (Fsp3) is 0.217. The normalized spacial score (nSPS) is 11.0. The lowest BCUT2D eigenvalue weighted by atomic mass is 10.2. The molecule has 0 fully saturated rings. The highest BCUT2D eigenvalue weighted by Gasteiger charge is 2.14. The molecule has 0 spiro atoms. The molecule has 2 aromatic carbocycles. The van der Waals surface area contributed by atoms with Crippen LogP contribution in [0.1, 0.15) is 22.5 Å². The van der Waals surface area contributed by atoms with Crippen LogP contribution in [0.25, 0.3) is 11.8 Å². The standard InChI is InChI=1S/C23H26N4O/c1-16-6-11-21(12-7-16)27-18(3)23(17(2)25-27)24-22(28)15-10-19-8-13-20(14-9-19)26(4)5/h6-15H,1-5H3,(H,24,28)/b15-10+. The zero-order valence-electron chi connectivity index (χ0n) is 17.0. The average Bonchev–Trinajstić information content (AvgIpc) is 2.95. The van der Waals surface area contributed by atoms with E-state index < -0.39 is 0 Å². The van der Waals surface area contributed by atoms with Crippen molar-refractivity contribution in [3.05, 3.63) is 77.1 Å². The maximum atomic E-state index is 12.4. The van der Waals surface area contributed by atoms with E-state index >= 15 is 0 Å². The predicted molar refractivity (Wildman–Crippen MR) is 116 cm³/mol. The molecule has 0 bridgehead atoms. The Bertz CT molecular complexity index is 996. The van der Waals surface area contributed by atoms with Crippen LogP contribution >= 0.6 is 0 Å². The van der Waals surface area contributed by atoms with Crippen LogP contribution < -0.4 is 10.2 Å². The third-order valence-electron chi connectivity index (χ3n) is 4.65. The van der Waals surface area contributed by atoms with Crippen molar-refractivity contribution in [2.24, 2.45) is 0 Å². The molecule has 28 heavy (non-hydrogen) atoms. The zero-order valence-corrected chi connectivity index (χ0v) is 17.0. The molecule has 0 aliphatic carbocycles. The third-order valence-corrected chi connectivity index (χ3v) is 4.65. The van der Waals surface area contributed by atoms with Gasteiger partial charge in [-0.1, -0.05) is 29.8 Å². The minimum atomic E-state index is -0.175. The highest BCUT2D eigenvalue weighted by molar-refractivity contribution is 6.02. The van der Waals surface area contributed by atoms with Gasteiger partial charge in [0.25, 0.3) is 0 Å². The molecule has 1 N–H and O–H groups in total. The molecule has 0 saturated carbocycles. The Hall–Kier alpha value is -3.34. The first-order chi connectivity index (χ1) is 13.3. The molecule has 0 unspecified atom stereocenters. The molecular weight excluding hydrogens is 348 g/mol. The van der Waals surface area contributed by atoms with Gasteiger partial charge in [-0.25, -0.2) is 4.68 Å². The average molecular weight is 374 g/mol. The van der Waals surface area contributed by atoms with Crippen molar-refractivity contribution in [2.45, 2.75) is 20.8 Å². The second kappa shape index (κ2) is 8.13. The van der Waals surface area contributed by atoms with Crippen LogP contribution in [-0.4, -0.2) is 29.8 Å². The van der Waals surface area contributed by atoms with E-state index in [1.165, 1.54) is 5.56 Å². The highest BCUT2D eigenvalue weighted by atomic mass is 16.1. The maximum Gasteiger partial charge on any atom is 0.248 e. The molecular formula is C23H26N4O. The third kappa shape index (κ3) is 4.31. The number of benzene rings is 2. The number of carbonyl (C=O) groups is 1. The summed E-state index contributed by atoms with van der Waals surface area (Å²) in [5.41, 5.74) is 6.71. The molecule has 5 heteroatoms. The Morgan fingerprint density at radius 3 is 2.25 bits per heavy atom. The number of rotatable bonds is 5. The van der Waals surface area contributed by atoms with Gasteiger partial charge in [-0.3, -0.25) is 4.79 Å². The van der Waals surface area contributed by atoms with Crippen molar-refractivity contribution in [3.63, 3.8) is 0 Å². The fourth-order valence-electron chi connectivity index (χ4n) is 2.98. The van der Waals surface area contributed by atoms with Crippen molar-refractivity contribution in [1.29, 1.82) is 0 Å². The molecule has 144 valence electrons. The summed E-state index contributed by atoms with van der Waals surface area (Å²) in [5, 5.41) is 7.54. The van der Waals surface area contributed by atoms with Gasteiger partial charge in [0.1, 0.15) is 0 Å². The molecule has 0 aliphatic heterocycles. The van der Waals surface area contributed by atoms with E-state index in [0.29, 0.717) is 0 Å². The number of carbonyl (C=O) groups excluding carboxylic acids is 1. The van der Waals surface area contributed by atoms with Gasteiger partial charge in [-0.05, 0) is 56.7 Å². The predicted octanol–water partition coefficient (Wildman–Crippen LogP) is 4.52. The Balaban J connectivity index is 1.74. The molecule has 1 aromatic heterocycles. The Morgan fingerprint density at radius 2 is 1.64 bits per heavy atom. The molecule has 1 amide bonds. The van der Waals surface area contributed by atoms with Gasteiger partial charge in [0.15, 0.2) is 0 Å². The smallest absolute Gasteiger partial charge is 0.248 e. The number of hydrogen-bond donors (Lipinski definition) is 1. The second-order valence-corrected chi connectivity index (χ2v) is 7.10. The van der Waals surface area contributed by atoms with Crippen LogP contribution in [0.3, 0.4) is 0 Å². The fourth-order valence-corrected chi connectivity index (χ4v) is 2.98. The minimum Gasteiger partial charge on any atom is -0.378 e. The summed E-state index contributed by atoms with van der Waals surface area (Å²) in [5.74, 6) is -0.175. The van der Waals surface area contributed by atoms with Gasteiger partial charge in [-0.2, -0.15) is 5.10 Å². The van der Waals surface area contributed by atoms with Gasteiger partial charge < -0.3 is 10.2 Å². The van der Waals surface area contributed by atoms with Crippen LogP contribution in [0.4, 0.5) is 11.4 Å². The molecule has 0 aliphatic rings. The number of hydrogen-bond acceptors (Lipinski definition) is 3. The highest BCUT2D eigenvalue weighted by Crippen LogP contribution is 2.23.